The van der Waals surface area contributed by atoms with Crippen LogP contribution in [0.5, 0.6) is 0 Å². The van der Waals surface area contributed by atoms with Gasteiger partial charge in [-0.3, -0.25) is 5.43 Å². The SMILES string of the molecule is C[C@]12CC/C(=N\NC(N)=S)C[C@@H]1CC[C@@H]1[C@@H]2CC[C@]2(C)[C@H](O)CC[C@@H]12. The molecule has 5 heteroatoms. The molecule has 4 aliphatic carbocycles. The summed E-state index contributed by atoms with van der Waals surface area (Å²) < 4.78 is 0. The Hall–Kier alpha value is -0.680. The number of nitrogens with two attached hydrogens (primary N) is 1. The maximum Gasteiger partial charge on any atom is 0.184 e. The minimum Gasteiger partial charge on any atom is -0.393 e. The molecule has 0 radical (unpaired) electrons. The first-order chi connectivity index (χ1) is 11.8. The summed E-state index contributed by atoms with van der Waals surface area (Å²) in [6.07, 6.45) is 10.8. The predicted octanol–water partition coefficient (Wildman–Crippen LogP) is 3.58. The Balaban J connectivity index is 1.53. The number of hydrogen-bond acceptors (Lipinski definition) is 3. The zero-order valence-electron chi connectivity index (χ0n) is 15.6. The van der Waals surface area contributed by atoms with Gasteiger partial charge in [0.1, 0.15) is 0 Å². The molecule has 4 rings (SSSR count). The topological polar surface area (TPSA) is 70.6 Å². The van der Waals surface area contributed by atoms with Crippen molar-refractivity contribution in [3.8, 4) is 0 Å². The van der Waals surface area contributed by atoms with Gasteiger partial charge in [-0.05, 0) is 105 Å². The maximum absolute atomic E-state index is 10.6. The monoisotopic (exact) mass is 363 g/mol. The number of hydrogen-bond donors (Lipinski definition) is 3. The molecule has 0 unspecified atom stereocenters. The Bertz CT molecular complexity index is 593. The van der Waals surface area contributed by atoms with Crippen LogP contribution in [0.1, 0.15) is 71.6 Å². The Labute approximate surface area is 157 Å². The van der Waals surface area contributed by atoms with Crippen molar-refractivity contribution in [1.29, 1.82) is 0 Å². The Morgan fingerprint density at radius 3 is 2.64 bits per heavy atom. The third-order valence-electron chi connectivity index (χ3n) is 8.77. The molecular formula is C20H33N3OS. The standard InChI is InChI=1S/C20H33N3OS/c1-19-9-7-13(22-23-18(21)25)11-12(19)3-4-14-15-5-6-17(24)20(15,2)10-8-16(14)19/h12,14-17,24H,3-11H2,1-2H3,(H3,21,23,25)/b22-13+/t12-,14-,15-,16-,17+,19-,20-/m0/s1. The van der Waals surface area contributed by atoms with Crippen molar-refractivity contribution >= 4 is 23.0 Å². The van der Waals surface area contributed by atoms with Crippen molar-refractivity contribution < 1.29 is 5.11 Å². The number of nitrogens with zero attached hydrogens (tertiary/aromatic N) is 1. The largest absolute Gasteiger partial charge is 0.393 e. The molecule has 0 aromatic carbocycles. The van der Waals surface area contributed by atoms with Crippen LogP contribution in [0.2, 0.25) is 0 Å². The maximum atomic E-state index is 10.6. The first kappa shape index (κ1) is 17.7. The molecule has 4 aliphatic rings. The Morgan fingerprint density at radius 2 is 1.88 bits per heavy atom. The second-order valence-electron chi connectivity index (χ2n) is 9.65. The second kappa shape index (κ2) is 6.19. The van der Waals surface area contributed by atoms with Gasteiger partial charge >= 0.3 is 0 Å². The highest BCUT2D eigenvalue weighted by molar-refractivity contribution is 7.80. The molecule has 4 N–H and O–H groups in total. The van der Waals surface area contributed by atoms with Gasteiger partial charge in [-0.25, -0.2) is 0 Å². The van der Waals surface area contributed by atoms with Crippen LogP contribution in [0.4, 0.5) is 0 Å². The molecule has 0 aliphatic heterocycles. The van der Waals surface area contributed by atoms with Crippen LogP contribution in [0.3, 0.4) is 0 Å². The Kier molecular flexibility index (Phi) is 4.39. The minimum absolute atomic E-state index is 0.0692. The second-order valence-corrected chi connectivity index (χ2v) is 10.1. The van der Waals surface area contributed by atoms with E-state index in [0.29, 0.717) is 5.41 Å². The lowest BCUT2D eigenvalue weighted by molar-refractivity contribution is -0.112. The van der Waals surface area contributed by atoms with E-state index in [0.717, 1.165) is 42.9 Å². The van der Waals surface area contributed by atoms with Crippen molar-refractivity contribution in [2.45, 2.75) is 77.7 Å². The molecule has 0 saturated heterocycles. The number of hydrazone groups is 1. The molecule has 4 fully saturated rings. The van der Waals surface area contributed by atoms with E-state index in [4.69, 9.17) is 18.0 Å². The fourth-order valence-electron chi connectivity index (χ4n) is 7.27. The van der Waals surface area contributed by atoms with Crippen molar-refractivity contribution in [3.63, 3.8) is 0 Å². The average molecular weight is 364 g/mol. The number of rotatable bonds is 1. The highest BCUT2D eigenvalue weighted by Crippen LogP contribution is 2.65. The summed E-state index contributed by atoms with van der Waals surface area (Å²) in [7, 11) is 0. The molecule has 4 nitrogen and oxygen atoms in total. The van der Waals surface area contributed by atoms with E-state index >= 15 is 0 Å². The van der Waals surface area contributed by atoms with Gasteiger partial charge in [0.2, 0.25) is 0 Å². The molecule has 0 spiro atoms. The average Bonchev–Trinajstić information content (AvgIpc) is 2.88. The summed E-state index contributed by atoms with van der Waals surface area (Å²) in [5.74, 6) is 3.14. The summed E-state index contributed by atoms with van der Waals surface area (Å²) in [4.78, 5) is 0. The normalized spacial score (nSPS) is 50.7. The van der Waals surface area contributed by atoms with Crippen LogP contribution in [0.25, 0.3) is 0 Å². The van der Waals surface area contributed by atoms with E-state index < -0.39 is 0 Å². The molecule has 0 bridgehead atoms. The minimum atomic E-state index is -0.0692. The molecule has 140 valence electrons. The van der Waals surface area contributed by atoms with E-state index in [1.807, 2.05) is 0 Å². The predicted molar refractivity (Wildman–Crippen MR) is 105 cm³/mol. The molecule has 7 atom stereocenters. The van der Waals surface area contributed by atoms with Gasteiger partial charge in [0.25, 0.3) is 0 Å². The molecular weight excluding hydrogens is 330 g/mol. The van der Waals surface area contributed by atoms with E-state index in [2.05, 4.69) is 24.4 Å². The van der Waals surface area contributed by atoms with Crippen molar-refractivity contribution in [2.75, 3.05) is 0 Å². The van der Waals surface area contributed by atoms with E-state index in [1.165, 1.54) is 44.2 Å². The van der Waals surface area contributed by atoms with E-state index in [1.54, 1.807) is 0 Å². The van der Waals surface area contributed by atoms with Gasteiger partial charge in [0.15, 0.2) is 5.11 Å². The summed E-state index contributed by atoms with van der Waals surface area (Å²) >= 11 is 4.88. The van der Waals surface area contributed by atoms with Crippen LogP contribution in [-0.4, -0.2) is 22.0 Å². The quantitative estimate of drug-likeness (QED) is 0.492. The molecule has 0 heterocycles. The van der Waals surface area contributed by atoms with Crippen molar-refractivity contribution in [3.05, 3.63) is 0 Å². The molecule has 0 aromatic rings. The Morgan fingerprint density at radius 1 is 1.12 bits per heavy atom. The van der Waals surface area contributed by atoms with Crippen molar-refractivity contribution in [2.24, 2.45) is 45.3 Å². The fourth-order valence-corrected chi connectivity index (χ4v) is 7.31. The van der Waals surface area contributed by atoms with Gasteiger partial charge in [-0.15, -0.1) is 0 Å². The zero-order chi connectivity index (χ0) is 17.8. The van der Waals surface area contributed by atoms with E-state index in [9.17, 15) is 5.11 Å². The highest BCUT2D eigenvalue weighted by Gasteiger charge is 2.59. The molecule has 25 heavy (non-hydrogen) atoms. The van der Waals surface area contributed by atoms with Gasteiger partial charge in [-0.1, -0.05) is 13.8 Å². The van der Waals surface area contributed by atoms with Crippen LogP contribution >= 0.6 is 12.2 Å². The van der Waals surface area contributed by atoms with Crippen LogP contribution < -0.4 is 11.2 Å². The smallest absolute Gasteiger partial charge is 0.184 e. The first-order valence-corrected chi connectivity index (χ1v) is 10.5. The summed E-state index contributed by atoms with van der Waals surface area (Å²) in [6.45, 7) is 4.92. The third-order valence-corrected chi connectivity index (χ3v) is 8.86. The highest BCUT2D eigenvalue weighted by atomic mass is 32.1. The summed E-state index contributed by atoms with van der Waals surface area (Å²) in [5.41, 5.74) is 10.2. The molecule has 0 amide bonds. The zero-order valence-corrected chi connectivity index (χ0v) is 16.4. The number of thiocarbonyl (C=S) groups is 1. The summed E-state index contributed by atoms with van der Waals surface area (Å²) in [6, 6.07) is 0. The number of nitrogens with one attached hydrogen (secondary N) is 1. The third kappa shape index (κ3) is 2.73. The lowest BCUT2D eigenvalue weighted by atomic mass is 9.45. The van der Waals surface area contributed by atoms with Crippen LogP contribution in [0.15, 0.2) is 5.10 Å². The van der Waals surface area contributed by atoms with Gasteiger partial charge < -0.3 is 10.8 Å². The first-order valence-electron chi connectivity index (χ1n) is 10.1. The van der Waals surface area contributed by atoms with Gasteiger partial charge in [0, 0.05) is 5.71 Å². The van der Waals surface area contributed by atoms with Gasteiger partial charge in [-0.2, -0.15) is 5.10 Å². The summed E-state index contributed by atoms with van der Waals surface area (Å²) in [5, 5.41) is 15.3. The lowest BCUT2D eigenvalue weighted by Gasteiger charge is -2.60. The van der Waals surface area contributed by atoms with Crippen LogP contribution in [0, 0.1) is 34.5 Å². The van der Waals surface area contributed by atoms with E-state index in [-0.39, 0.29) is 16.6 Å². The van der Waals surface area contributed by atoms with Gasteiger partial charge in [0.05, 0.1) is 6.10 Å². The fraction of sp³-hybridized carbons (Fsp3) is 0.900. The lowest BCUT2D eigenvalue weighted by Crippen LogP contribution is -2.54. The number of aliphatic hydroxyl groups excluding tert-OH is 1. The molecule has 0 aromatic heterocycles. The molecule has 4 saturated carbocycles. The number of aliphatic hydroxyl groups is 1. The van der Waals surface area contributed by atoms with Crippen molar-refractivity contribution in [1.82, 2.24) is 5.43 Å². The number of fused-ring (bicyclic) bond motifs is 5. The van der Waals surface area contributed by atoms with Crippen LogP contribution in [-0.2, 0) is 0 Å².